The summed E-state index contributed by atoms with van der Waals surface area (Å²) in [6.07, 6.45) is 0. The van der Waals surface area contributed by atoms with E-state index in [0.717, 1.165) is 10.5 Å². The van der Waals surface area contributed by atoms with Crippen molar-refractivity contribution in [3.8, 4) is 6.07 Å². The number of benzene rings is 3. The summed E-state index contributed by atoms with van der Waals surface area (Å²) in [5.41, 5.74) is 2.71. The van der Waals surface area contributed by atoms with Crippen LogP contribution in [0.15, 0.2) is 72.4 Å². The van der Waals surface area contributed by atoms with Crippen molar-refractivity contribution in [2.45, 2.75) is 6.92 Å². The molecule has 1 aliphatic rings. The Bertz CT molecular complexity index is 1280. The Balaban J connectivity index is 1.83. The summed E-state index contributed by atoms with van der Waals surface area (Å²) < 4.78 is 13.5. The fourth-order valence-electron chi connectivity index (χ4n) is 3.31. The SMILES string of the molecule is Cc1ccc(Cl)cc1NC1=C(c2ccc(F)cc2)C(=O)N(c2ccc(C#N)cc2)C1=O. The Morgan fingerprint density at radius 3 is 2.29 bits per heavy atom. The van der Waals surface area contributed by atoms with Gasteiger partial charge in [-0.2, -0.15) is 5.26 Å². The lowest BCUT2D eigenvalue weighted by Gasteiger charge is -2.16. The molecule has 0 saturated carbocycles. The molecule has 0 aliphatic carbocycles. The highest BCUT2D eigenvalue weighted by atomic mass is 35.5. The Morgan fingerprint density at radius 2 is 1.65 bits per heavy atom. The molecule has 1 N–H and O–H groups in total. The van der Waals surface area contributed by atoms with Gasteiger partial charge in [-0.1, -0.05) is 29.8 Å². The molecule has 4 rings (SSSR count). The highest BCUT2D eigenvalue weighted by Gasteiger charge is 2.40. The lowest BCUT2D eigenvalue weighted by Crippen LogP contribution is -2.32. The Kier molecular flexibility index (Phi) is 5.28. The van der Waals surface area contributed by atoms with Gasteiger partial charge in [0.15, 0.2) is 0 Å². The van der Waals surface area contributed by atoms with Crippen LogP contribution in [-0.4, -0.2) is 11.8 Å². The van der Waals surface area contributed by atoms with Gasteiger partial charge in [0.1, 0.15) is 11.5 Å². The molecule has 1 aliphatic heterocycles. The Hall–Kier alpha value is -3.95. The number of carbonyl (C=O) groups excluding carboxylic acids is 2. The van der Waals surface area contributed by atoms with Crippen LogP contribution in [0.25, 0.3) is 5.57 Å². The quantitative estimate of drug-likeness (QED) is 0.586. The topological polar surface area (TPSA) is 73.2 Å². The number of hydrogen-bond acceptors (Lipinski definition) is 4. The molecule has 0 bridgehead atoms. The summed E-state index contributed by atoms with van der Waals surface area (Å²) in [5.74, 6) is -1.57. The number of amides is 2. The highest BCUT2D eigenvalue weighted by molar-refractivity contribution is 6.46. The normalized spacial score (nSPS) is 13.5. The summed E-state index contributed by atoms with van der Waals surface area (Å²) in [6.45, 7) is 1.84. The van der Waals surface area contributed by atoms with Gasteiger partial charge in [0.25, 0.3) is 11.8 Å². The standard InChI is InChI=1S/C24H15ClFN3O2/c1-14-2-7-17(25)12-20(14)28-22-21(16-5-8-18(26)9-6-16)23(30)29(24(22)31)19-10-3-15(13-27)4-11-19/h2-12,28H,1H3. The molecule has 1 heterocycles. The number of nitriles is 1. The number of imide groups is 1. The van der Waals surface area contributed by atoms with Crippen molar-refractivity contribution < 1.29 is 14.0 Å². The summed E-state index contributed by atoms with van der Waals surface area (Å²) in [7, 11) is 0. The van der Waals surface area contributed by atoms with Crippen LogP contribution in [0.4, 0.5) is 15.8 Å². The van der Waals surface area contributed by atoms with Crippen molar-refractivity contribution in [1.82, 2.24) is 0 Å². The lowest BCUT2D eigenvalue weighted by atomic mass is 10.0. The average Bonchev–Trinajstić information content (AvgIpc) is 3.01. The van der Waals surface area contributed by atoms with Crippen LogP contribution >= 0.6 is 11.6 Å². The largest absolute Gasteiger partial charge is 0.350 e. The van der Waals surface area contributed by atoms with E-state index in [1.54, 1.807) is 18.2 Å². The number of hydrogen-bond donors (Lipinski definition) is 1. The molecule has 3 aromatic carbocycles. The zero-order valence-corrected chi connectivity index (χ0v) is 17.1. The first kappa shape index (κ1) is 20.3. The van der Waals surface area contributed by atoms with Gasteiger partial charge in [-0.05, 0) is 66.6 Å². The second kappa shape index (κ2) is 8.05. The fourth-order valence-corrected chi connectivity index (χ4v) is 3.49. The first-order valence-corrected chi connectivity index (χ1v) is 9.69. The van der Waals surface area contributed by atoms with E-state index in [1.807, 2.05) is 13.0 Å². The molecule has 0 saturated heterocycles. The predicted octanol–water partition coefficient (Wildman–Crippen LogP) is 5.06. The van der Waals surface area contributed by atoms with Crippen molar-refractivity contribution in [3.05, 3.63) is 100.0 Å². The zero-order valence-electron chi connectivity index (χ0n) is 16.3. The van der Waals surface area contributed by atoms with Crippen molar-refractivity contribution in [3.63, 3.8) is 0 Å². The van der Waals surface area contributed by atoms with Gasteiger partial charge in [0.2, 0.25) is 0 Å². The minimum Gasteiger partial charge on any atom is -0.350 e. The van der Waals surface area contributed by atoms with Gasteiger partial charge >= 0.3 is 0 Å². The molecule has 0 fully saturated rings. The average molecular weight is 432 g/mol. The third-order valence-corrected chi connectivity index (χ3v) is 5.17. The van der Waals surface area contributed by atoms with Gasteiger partial charge in [0.05, 0.1) is 22.9 Å². The number of nitrogens with one attached hydrogen (secondary N) is 1. The highest BCUT2D eigenvalue weighted by Crippen LogP contribution is 2.35. The van der Waals surface area contributed by atoms with Crippen LogP contribution < -0.4 is 10.2 Å². The van der Waals surface area contributed by atoms with E-state index in [0.29, 0.717) is 27.5 Å². The van der Waals surface area contributed by atoms with Crippen LogP contribution in [0, 0.1) is 24.1 Å². The number of carbonyl (C=O) groups is 2. The van der Waals surface area contributed by atoms with E-state index in [1.165, 1.54) is 48.5 Å². The number of rotatable bonds is 4. The fraction of sp³-hybridized carbons (Fsp3) is 0.0417. The molecule has 152 valence electrons. The van der Waals surface area contributed by atoms with Gasteiger partial charge < -0.3 is 5.32 Å². The van der Waals surface area contributed by atoms with E-state index >= 15 is 0 Å². The zero-order chi connectivity index (χ0) is 22.1. The molecule has 0 spiro atoms. The van der Waals surface area contributed by atoms with Crippen molar-refractivity contribution in [1.29, 1.82) is 5.26 Å². The molecule has 3 aromatic rings. The number of aryl methyl sites for hydroxylation is 1. The monoisotopic (exact) mass is 431 g/mol. The Morgan fingerprint density at radius 1 is 0.968 bits per heavy atom. The number of nitrogens with zero attached hydrogens (tertiary/aromatic N) is 2. The predicted molar refractivity (Wildman–Crippen MR) is 117 cm³/mol. The van der Waals surface area contributed by atoms with E-state index in [-0.39, 0.29) is 11.3 Å². The molecule has 0 aromatic heterocycles. The maximum Gasteiger partial charge on any atom is 0.282 e. The molecule has 5 nitrogen and oxygen atoms in total. The lowest BCUT2D eigenvalue weighted by molar-refractivity contribution is -0.120. The molecular weight excluding hydrogens is 417 g/mol. The third kappa shape index (κ3) is 3.79. The van der Waals surface area contributed by atoms with E-state index < -0.39 is 17.6 Å². The minimum absolute atomic E-state index is 0.0614. The van der Waals surface area contributed by atoms with Crippen LogP contribution in [0.3, 0.4) is 0 Å². The molecule has 0 radical (unpaired) electrons. The first-order valence-electron chi connectivity index (χ1n) is 9.31. The summed E-state index contributed by atoms with van der Waals surface area (Å²) in [4.78, 5) is 27.7. The summed E-state index contributed by atoms with van der Waals surface area (Å²) in [5, 5.41) is 12.5. The van der Waals surface area contributed by atoms with Gasteiger partial charge in [0, 0.05) is 10.7 Å². The molecular formula is C24H15ClFN3O2. The molecule has 0 atom stereocenters. The maximum atomic E-state index is 13.5. The van der Waals surface area contributed by atoms with Crippen molar-refractivity contribution in [2.75, 3.05) is 10.2 Å². The van der Waals surface area contributed by atoms with Gasteiger partial charge in [-0.25, -0.2) is 9.29 Å². The molecule has 31 heavy (non-hydrogen) atoms. The van der Waals surface area contributed by atoms with E-state index in [2.05, 4.69) is 5.32 Å². The number of halogens is 2. The van der Waals surface area contributed by atoms with Crippen LogP contribution in [0.2, 0.25) is 5.02 Å². The maximum absolute atomic E-state index is 13.5. The summed E-state index contributed by atoms with van der Waals surface area (Å²) >= 11 is 6.10. The van der Waals surface area contributed by atoms with Crippen molar-refractivity contribution >= 4 is 40.4 Å². The van der Waals surface area contributed by atoms with Crippen LogP contribution in [0.5, 0.6) is 0 Å². The smallest absolute Gasteiger partial charge is 0.282 e. The third-order valence-electron chi connectivity index (χ3n) is 4.93. The van der Waals surface area contributed by atoms with Crippen LogP contribution in [-0.2, 0) is 9.59 Å². The second-order valence-electron chi connectivity index (χ2n) is 6.95. The van der Waals surface area contributed by atoms with Crippen molar-refractivity contribution in [2.24, 2.45) is 0 Å². The van der Waals surface area contributed by atoms with Gasteiger partial charge in [-0.15, -0.1) is 0 Å². The first-order chi connectivity index (χ1) is 14.9. The van der Waals surface area contributed by atoms with E-state index in [4.69, 9.17) is 16.9 Å². The number of anilines is 2. The van der Waals surface area contributed by atoms with Crippen LogP contribution in [0.1, 0.15) is 16.7 Å². The Labute approximate surface area is 183 Å². The minimum atomic E-state index is -0.562. The molecule has 2 amide bonds. The molecule has 0 unspecified atom stereocenters. The van der Waals surface area contributed by atoms with Gasteiger partial charge in [-0.3, -0.25) is 9.59 Å². The van der Waals surface area contributed by atoms with E-state index in [9.17, 15) is 14.0 Å². The second-order valence-corrected chi connectivity index (χ2v) is 7.38. The molecule has 7 heteroatoms. The summed E-state index contributed by atoms with van der Waals surface area (Å²) in [6, 6.07) is 18.7.